The number of carboxylic acid groups (broad SMARTS) is 2. The number of carbonyl (C=O) groups is 2. The highest BCUT2D eigenvalue weighted by molar-refractivity contribution is 6.34. The summed E-state index contributed by atoms with van der Waals surface area (Å²) in [7, 11) is 0. The van der Waals surface area contributed by atoms with E-state index in [0.29, 0.717) is 6.07 Å². The van der Waals surface area contributed by atoms with Crippen molar-refractivity contribution in [3.05, 3.63) is 33.3 Å². The minimum absolute atomic E-state index is 0.394. The molecule has 0 radical (unpaired) electrons. The lowest BCUT2D eigenvalue weighted by Gasteiger charge is -2.58. The SMILES string of the molecule is CC(C)C1(C(=O)O)C(C)NC(CF)C(C)(C(=O)O)C1c1cc(Cl)cc(C(F)(F)F)c1Cl. The van der Waals surface area contributed by atoms with Gasteiger partial charge in [-0.2, -0.15) is 13.2 Å². The van der Waals surface area contributed by atoms with Crippen LogP contribution >= 0.6 is 23.2 Å². The molecule has 0 aliphatic carbocycles. The maximum absolute atomic E-state index is 14.0. The maximum Gasteiger partial charge on any atom is 0.417 e. The molecule has 5 nitrogen and oxygen atoms in total. The summed E-state index contributed by atoms with van der Waals surface area (Å²) in [5.74, 6) is -5.43. The molecule has 0 amide bonds. The van der Waals surface area contributed by atoms with Crippen molar-refractivity contribution in [2.45, 2.75) is 51.9 Å². The van der Waals surface area contributed by atoms with E-state index in [9.17, 15) is 37.4 Å². The first-order valence-electron chi connectivity index (χ1n) is 9.42. The fourth-order valence-corrected chi connectivity index (χ4v) is 5.59. The van der Waals surface area contributed by atoms with Crippen LogP contribution in [-0.2, 0) is 15.8 Å². The van der Waals surface area contributed by atoms with Crippen LogP contribution in [0.5, 0.6) is 0 Å². The number of aliphatic carboxylic acids is 2. The molecule has 1 aromatic rings. The number of hydrogen-bond acceptors (Lipinski definition) is 3. The molecule has 1 saturated heterocycles. The first kappa shape index (κ1) is 25.7. The zero-order valence-electron chi connectivity index (χ0n) is 17.1. The minimum atomic E-state index is -4.93. The van der Waals surface area contributed by atoms with Gasteiger partial charge < -0.3 is 15.5 Å². The average molecular weight is 488 g/mol. The van der Waals surface area contributed by atoms with Gasteiger partial charge in [0, 0.05) is 17.0 Å². The van der Waals surface area contributed by atoms with Crippen LogP contribution in [-0.4, -0.2) is 40.9 Å². The Morgan fingerprint density at radius 3 is 2.13 bits per heavy atom. The molecule has 0 spiro atoms. The van der Waals surface area contributed by atoms with E-state index in [-0.39, 0.29) is 0 Å². The van der Waals surface area contributed by atoms with Gasteiger partial charge in [-0.05, 0) is 37.5 Å². The Balaban J connectivity index is 3.08. The molecule has 5 atom stereocenters. The number of carboxylic acids is 2. The van der Waals surface area contributed by atoms with E-state index < -0.39 is 80.7 Å². The van der Waals surface area contributed by atoms with Crippen molar-refractivity contribution in [1.82, 2.24) is 5.32 Å². The Morgan fingerprint density at radius 2 is 1.74 bits per heavy atom. The summed E-state index contributed by atoms with van der Waals surface area (Å²) in [5, 5.41) is 21.9. The summed E-state index contributed by atoms with van der Waals surface area (Å²) in [6, 6.07) is -0.771. The van der Waals surface area contributed by atoms with Crippen molar-refractivity contribution < 1.29 is 37.4 Å². The molecule has 0 aromatic heterocycles. The Labute approximate surface area is 186 Å². The third-order valence-corrected chi connectivity index (χ3v) is 7.23. The molecule has 11 heteroatoms. The lowest BCUT2D eigenvalue weighted by atomic mass is 9.49. The van der Waals surface area contributed by atoms with Gasteiger partial charge in [0.15, 0.2) is 0 Å². The number of alkyl halides is 4. The summed E-state index contributed by atoms with van der Waals surface area (Å²) in [6.07, 6.45) is -4.93. The standard InChI is InChI=1S/C20H23Cl2F4NO4/c1-8(2)19(17(30)31)9(3)27-13(7-23)18(4,16(28)29)15(19)11-5-10(21)6-12(14(11)22)20(24,25)26/h5-6,8-9,13,15,27H,7H2,1-4H3,(H,28,29)(H,30,31). The topological polar surface area (TPSA) is 86.6 Å². The molecule has 1 aliphatic heterocycles. The van der Waals surface area contributed by atoms with E-state index in [4.69, 9.17) is 23.2 Å². The van der Waals surface area contributed by atoms with Crippen LogP contribution < -0.4 is 5.32 Å². The quantitative estimate of drug-likeness (QED) is 0.494. The van der Waals surface area contributed by atoms with Crippen LogP contribution in [0.3, 0.4) is 0 Å². The van der Waals surface area contributed by atoms with Crippen LogP contribution in [0.15, 0.2) is 12.1 Å². The fraction of sp³-hybridized carbons (Fsp3) is 0.600. The predicted molar refractivity (Wildman–Crippen MR) is 107 cm³/mol. The summed E-state index contributed by atoms with van der Waals surface area (Å²) >= 11 is 12.1. The average Bonchev–Trinajstić information content (AvgIpc) is 2.62. The molecule has 5 unspecified atom stereocenters. The largest absolute Gasteiger partial charge is 0.481 e. The fourth-order valence-electron chi connectivity index (χ4n) is 5.03. The predicted octanol–water partition coefficient (Wildman–Crippen LogP) is 5.24. The Morgan fingerprint density at radius 1 is 1.19 bits per heavy atom. The number of benzene rings is 1. The maximum atomic E-state index is 14.0. The second-order valence-electron chi connectivity index (χ2n) is 8.36. The lowest BCUT2D eigenvalue weighted by molar-refractivity contribution is -0.176. The molecule has 2 rings (SSSR count). The van der Waals surface area contributed by atoms with Gasteiger partial charge in [-0.1, -0.05) is 37.0 Å². The minimum Gasteiger partial charge on any atom is -0.481 e. The summed E-state index contributed by atoms with van der Waals surface area (Å²) < 4.78 is 54.8. The second kappa shape index (κ2) is 8.41. The number of piperidine rings is 1. The van der Waals surface area contributed by atoms with E-state index in [1.807, 2.05) is 0 Å². The molecular weight excluding hydrogens is 465 g/mol. The number of nitrogens with one attached hydrogen (secondary N) is 1. The Kier molecular flexibility index (Phi) is 6.96. The van der Waals surface area contributed by atoms with Gasteiger partial charge in [-0.15, -0.1) is 0 Å². The highest BCUT2D eigenvalue weighted by Gasteiger charge is 2.67. The zero-order valence-corrected chi connectivity index (χ0v) is 18.7. The van der Waals surface area contributed by atoms with Gasteiger partial charge in [0.05, 0.1) is 27.5 Å². The van der Waals surface area contributed by atoms with E-state index in [1.165, 1.54) is 20.8 Å². The first-order chi connectivity index (χ1) is 14.1. The van der Waals surface area contributed by atoms with Gasteiger partial charge in [0.1, 0.15) is 6.67 Å². The Hall–Kier alpha value is -1.58. The molecule has 0 bridgehead atoms. The molecule has 1 aromatic carbocycles. The summed E-state index contributed by atoms with van der Waals surface area (Å²) in [4.78, 5) is 25.1. The van der Waals surface area contributed by atoms with Gasteiger partial charge in [0.25, 0.3) is 0 Å². The van der Waals surface area contributed by atoms with E-state index >= 15 is 0 Å². The van der Waals surface area contributed by atoms with Gasteiger partial charge in [-0.25, -0.2) is 4.39 Å². The lowest BCUT2D eigenvalue weighted by Crippen LogP contribution is -2.71. The van der Waals surface area contributed by atoms with Crippen molar-refractivity contribution in [1.29, 1.82) is 0 Å². The van der Waals surface area contributed by atoms with Crippen molar-refractivity contribution in [2.24, 2.45) is 16.7 Å². The van der Waals surface area contributed by atoms with Gasteiger partial charge in [-0.3, -0.25) is 9.59 Å². The van der Waals surface area contributed by atoms with Crippen molar-refractivity contribution in [2.75, 3.05) is 6.67 Å². The van der Waals surface area contributed by atoms with Crippen LogP contribution in [0.1, 0.15) is 44.7 Å². The normalized spacial score (nSPS) is 31.6. The van der Waals surface area contributed by atoms with E-state index in [2.05, 4.69) is 5.32 Å². The van der Waals surface area contributed by atoms with E-state index in [1.54, 1.807) is 0 Å². The zero-order chi connectivity index (χ0) is 24.1. The van der Waals surface area contributed by atoms with Crippen molar-refractivity contribution in [3.8, 4) is 0 Å². The van der Waals surface area contributed by atoms with Crippen LogP contribution in [0, 0.1) is 16.7 Å². The van der Waals surface area contributed by atoms with Crippen LogP contribution in [0.25, 0.3) is 0 Å². The van der Waals surface area contributed by atoms with Crippen LogP contribution in [0.4, 0.5) is 17.6 Å². The molecular formula is C20H23Cl2F4NO4. The van der Waals surface area contributed by atoms with Gasteiger partial charge >= 0.3 is 18.1 Å². The molecule has 31 heavy (non-hydrogen) atoms. The number of halogens is 6. The second-order valence-corrected chi connectivity index (χ2v) is 9.18. The summed E-state index contributed by atoms with van der Waals surface area (Å²) in [5.41, 5.74) is -5.83. The highest BCUT2D eigenvalue weighted by atomic mass is 35.5. The first-order valence-corrected chi connectivity index (χ1v) is 10.2. The number of hydrogen-bond donors (Lipinski definition) is 3. The third-order valence-electron chi connectivity index (χ3n) is 6.59. The third kappa shape index (κ3) is 3.78. The van der Waals surface area contributed by atoms with Crippen molar-refractivity contribution in [3.63, 3.8) is 0 Å². The Bertz CT molecular complexity index is 895. The molecule has 174 valence electrons. The van der Waals surface area contributed by atoms with Crippen LogP contribution in [0.2, 0.25) is 10.0 Å². The van der Waals surface area contributed by atoms with Gasteiger partial charge in [0.2, 0.25) is 0 Å². The summed E-state index contributed by atoms with van der Waals surface area (Å²) in [6.45, 7) is 4.39. The highest BCUT2D eigenvalue weighted by Crippen LogP contribution is 2.60. The molecule has 3 N–H and O–H groups in total. The molecule has 1 fully saturated rings. The smallest absolute Gasteiger partial charge is 0.417 e. The molecule has 1 heterocycles. The number of rotatable bonds is 5. The molecule has 1 aliphatic rings. The van der Waals surface area contributed by atoms with Crippen molar-refractivity contribution >= 4 is 35.1 Å². The molecule has 0 saturated carbocycles. The monoisotopic (exact) mass is 487 g/mol. The van der Waals surface area contributed by atoms with E-state index in [0.717, 1.165) is 13.0 Å².